The van der Waals surface area contributed by atoms with E-state index in [0.29, 0.717) is 18.2 Å². The maximum Gasteiger partial charge on any atom is 0.151 e. The number of ether oxygens (including phenoxy) is 1. The third-order valence-electron chi connectivity index (χ3n) is 4.34. The Bertz CT molecular complexity index is 919. The fourth-order valence-corrected chi connectivity index (χ4v) is 4.60. The first kappa shape index (κ1) is 17.4. The van der Waals surface area contributed by atoms with Gasteiger partial charge in [0.15, 0.2) is 5.65 Å². The topological polar surface area (TPSA) is 43.2 Å². The van der Waals surface area contributed by atoms with E-state index in [2.05, 4.69) is 44.1 Å². The molecule has 0 unspecified atom stereocenters. The Balaban J connectivity index is 1.82. The summed E-state index contributed by atoms with van der Waals surface area (Å²) in [6, 6.07) is 8.19. The molecule has 1 aliphatic rings. The quantitative estimate of drug-likeness (QED) is 0.497. The van der Waals surface area contributed by atoms with Gasteiger partial charge in [0.1, 0.15) is 5.82 Å². The summed E-state index contributed by atoms with van der Waals surface area (Å²) in [6.45, 7) is 4.38. The number of pyridine rings is 2. The predicted octanol–water partition coefficient (Wildman–Crippen LogP) is 4.82. The average molecular weight is 487 g/mol. The zero-order valence-corrected chi connectivity index (χ0v) is 17.3. The van der Waals surface area contributed by atoms with Crippen LogP contribution < -0.4 is 4.90 Å². The van der Waals surface area contributed by atoms with Gasteiger partial charge in [-0.05, 0) is 31.2 Å². The molecule has 1 aliphatic heterocycles. The molecule has 130 valence electrons. The molecule has 0 spiro atoms. The summed E-state index contributed by atoms with van der Waals surface area (Å²) in [7, 11) is 1.59. The Morgan fingerprint density at radius 1 is 1.36 bits per heavy atom. The number of anilines is 1. The maximum atomic E-state index is 6.43. The van der Waals surface area contributed by atoms with Gasteiger partial charge < -0.3 is 9.64 Å². The van der Waals surface area contributed by atoms with Gasteiger partial charge in [0.05, 0.1) is 24.9 Å². The number of rotatable bonds is 3. The summed E-state index contributed by atoms with van der Waals surface area (Å²) in [6.07, 6.45) is 3.84. The van der Waals surface area contributed by atoms with Crippen LogP contribution in [0.15, 0.2) is 36.7 Å². The highest BCUT2D eigenvalue weighted by molar-refractivity contribution is 14.2. The van der Waals surface area contributed by atoms with E-state index < -0.39 is 0 Å². The lowest BCUT2D eigenvalue weighted by Crippen LogP contribution is -2.44. The molecule has 4 heterocycles. The maximum absolute atomic E-state index is 6.43. The molecule has 0 N–H and O–H groups in total. The Hall–Kier alpha value is -1.03. The van der Waals surface area contributed by atoms with Crippen molar-refractivity contribution in [3.05, 3.63) is 41.7 Å². The van der Waals surface area contributed by atoms with Crippen LogP contribution in [0.5, 0.6) is 0 Å². The molecule has 3 aromatic rings. The first-order valence-electron chi connectivity index (χ1n) is 7.95. The number of fused-ring (bicyclic) bond motifs is 1. The van der Waals surface area contributed by atoms with Gasteiger partial charge in [-0.3, -0.25) is 3.97 Å². The van der Waals surface area contributed by atoms with Gasteiger partial charge in [0, 0.05) is 65.2 Å². The second-order valence-corrected chi connectivity index (χ2v) is 8.10. The van der Waals surface area contributed by atoms with Gasteiger partial charge in [0.25, 0.3) is 0 Å². The van der Waals surface area contributed by atoms with E-state index in [1.165, 1.54) is 0 Å². The van der Waals surface area contributed by atoms with Gasteiger partial charge in [-0.25, -0.2) is 9.97 Å². The van der Waals surface area contributed by atoms with E-state index in [4.69, 9.17) is 21.3 Å². The van der Waals surface area contributed by atoms with Gasteiger partial charge >= 0.3 is 0 Å². The summed E-state index contributed by atoms with van der Waals surface area (Å²) >= 11 is 8.68. The minimum atomic E-state index is 0.279. The smallest absolute Gasteiger partial charge is 0.151 e. The number of morpholine rings is 1. The van der Waals surface area contributed by atoms with Crippen LogP contribution in [0.25, 0.3) is 22.3 Å². The van der Waals surface area contributed by atoms with E-state index in [-0.39, 0.29) is 6.04 Å². The van der Waals surface area contributed by atoms with E-state index in [1.807, 2.05) is 34.6 Å². The molecule has 0 saturated carbocycles. The zero-order valence-electron chi connectivity index (χ0n) is 13.5. The largest absolute Gasteiger partial charge is 0.377 e. The molecule has 25 heavy (non-hydrogen) atoms. The first-order valence-corrected chi connectivity index (χ1v) is 11.6. The van der Waals surface area contributed by atoms with Crippen molar-refractivity contribution in [1.82, 2.24) is 13.9 Å². The van der Waals surface area contributed by atoms with Gasteiger partial charge in [-0.2, -0.15) is 0 Å². The van der Waals surface area contributed by atoms with Crippen LogP contribution >= 0.6 is 41.9 Å². The number of hydrogen-bond donors (Lipinski definition) is 0. The summed E-state index contributed by atoms with van der Waals surface area (Å²) < 4.78 is 7.57. The van der Waals surface area contributed by atoms with Crippen LogP contribution in [-0.2, 0) is 4.74 Å². The van der Waals surface area contributed by atoms with Gasteiger partial charge in [-0.1, -0.05) is 11.6 Å². The molecule has 5 nitrogen and oxygen atoms in total. The number of halogens is 2. The highest BCUT2D eigenvalue weighted by Gasteiger charge is 2.21. The van der Waals surface area contributed by atoms with Crippen molar-refractivity contribution >= 4 is 58.8 Å². The van der Waals surface area contributed by atoms with Crippen molar-refractivity contribution in [2.45, 2.75) is 13.0 Å². The lowest BCUT2D eigenvalue weighted by molar-refractivity contribution is 0.0985. The van der Waals surface area contributed by atoms with Crippen LogP contribution in [0.1, 0.15) is 6.92 Å². The van der Waals surface area contributed by atoms with Crippen molar-refractivity contribution in [3.8, 4) is 11.3 Å². The first-order chi connectivity index (χ1) is 12.2. The lowest BCUT2D eigenvalue weighted by atomic mass is 10.1. The van der Waals surface area contributed by atoms with Crippen molar-refractivity contribution in [2.24, 2.45) is 0 Å². The molecular formula is C17H16ClIN4OS. The SMILES string of the molecule is C[C@@H]1COCCN1c1cc(Cl)cc(-c2ccnc3c2ccn3SI)n1. The number of aromatic nitrogens is 3. The molecule has 1 atom stereocenters. The molecule has 4 rings (SSSR count). The molecule has 3 aromatic heterocycles. The van der Waals surface area contributed by atoms with Crippen LogP contribution in [0.3, 0.4) is 0 Å². The minimum Gasteiger partial charge on any atom is -0.377 e. The monoisotopic (exact) mass is 486 g/mol. The van der Waals surface area contributed by atoms with E-state index in [9.17, 15) is 0 Å². The zero-order chi connectivity index (χ0) is 17.4. The average Bonchev–Trinajstić information content (AvgIpc) is 3.04. The normalized spacial score (nSPS) is 18.0. The van der Waals surface area contributed by atoms with E-state index in [0.717, 1.165) is 34.7 Å². The van der Waals surface area contributed by atoms with E-state index >= 15 is 0 Å². The molecule has 0 aliphatic carbocycles. The second kappa shape index (κ2) is 7.30. The Labute approximate surface area is 167 Å². The number of hydrogen-bond acceptors (Lipinski definition) is 5. The number of nitrogens with zero attached hydrogens (tertiary/aromatic N) is 4. The molecule has 0 bridgehead atoms. The standard InChI is InChI=1S/C17H16ClIN4OS/c1-11-10-24-7-6-22(11)16-9-12(18)8-15(21-16)13-2-4-20-17-14(13)3-5-23(17)25-19/h2-5,8-9,11H,6-7,10H2,1H3/t11-/m1/s1. The summed E-state index contributed by atoms with van der Waals surface area (Å²) in [5.74, 6) is 0.894. The fraction of sp³-hybridized carbons (Fsp3) is 0.294. The highest BCUT2D eigenvalue weighted by atomic mass is 127. The van der Waals surface area contributed by atoms with Crippen molar-refractivity contribution in [3.63, 3.8) is 0 Å². The molecule has 1 saturated heterocycles. The second-order valence-electron chi connectivity index (χ2n) is 5.95. The Morgan fingerprint density at radius 2 is 2.24 bits per heavy atom. The summed E-state index contributed by atoms with van der Waals surface area (Å²) in [5.41, 5.74) is 2.84. The van der Waals surface area contributed by atoms with Crippen LogP contribution in [0.4, 0.5) is 5.82 Å². The Kier molecular flexibility index (Phi) is 5.08. The van der Waals surface area contributed by atoms with Crippen LogP contribution in [-0.4, -0.2) is 39.7 Å². The molecular weight excluding hydrogens is 471 g/mol. The summed E-state index contributed by atoms with van der Waals surface area (Å²) in [5, 5.41) is 1.76. The molecule has 0 amide bonds. The third-order valence-corrected chi connectivity index (χ3v) is 6.28. The van der Waals surface area contributed by atoms with Crippen LogP contribution in [0, 0.1) is 0 Å². The van der Waals surface area contributed by atoms with E-state index in [1.54, 1.807) is 9.12 Å². The highest BCUT2D eigenvalue weighted by Crippen LogP contribution is 2.33. The van der Waals surface area contributed by atoms with Gasteiger partial charge in [-0.15, -0.1) is 0 Å². The molecule has 8 heteroatoms. The molecule has 0 aromatic carbocycles. The van der Waals surface area contributed by atoms with Crippen molar-refractivity contribution < 1.29 is 4.74 Å². The molecule has 1 fully saturated rings. The Morgan fingerprint density at radius 3 is 3.04 bits per heavy atom. The predicted molar refractivity (Wildman–Crippen MR) is 113 cm³/mol. The minimum absolute atomic E-state index is 0.279. The van der Waals surface area contributed by atoms with Gasteiger partial charge in [0.2, 0.25) is 0 Å². The third kappa shape index (κ3) is 3.34. The fourth-order valence-electron chi connectivity index (χ4n) is 3.13. The molecule has 0 radical (unpaired) electrons. The summed E-state index contributed by atoms with van der Waals surface area (Å²) in [4.78, 5) is 11.7. The van der Waals surface area contributed by atoms with Crippen molar-refractivity contribution in [2.75, 3.05) is 24.7 Å². The van der Waals surface area contributed by atoms with Crippen LogP contribution in [0.2, 0.25) is 5.02 Å². The lowest BCUT2D eigenvalue weighted by Gasteiger charge is -2.34. The van der Waals surface area contributed by atoms with Crippen molar-refractivity contribution in [1.29, 1.82) is 0 Å².